The van der Waals surface area contributed by atoms with Gasteiger partial charge in [-0.1, -0.05) is 12.1 Å². The first-order valence-electron chi connectivity index (χ1n) is 7.09. The van der Waals surface area contributed by atoms with Crippen LogP contribution in [0.15, 0.2) is 36.5 Å². The minimum Gasteiger partial charge on any atom is -0.497 e. The van der Waals surface area contributed by atoms with Crippen LogP contribution in [-0.2, 0) is 6.54 Å². The fourth-order valence-corrected chi connectivity index (χ4v) is 1.83. The first-order valence-corrected chi connectivity index (χ1v) is 7.09. The summed E-state index contributed by atoms with van der Waals surface area (Å²) in [7, 11) is 1.62. The van der Waals surface area contributed by atoms with E-state index in [9.17, 15) is 4.79 Å². The van der Waals surface area contributed by atoms with Crippen molar-refractivity contribution in [2.45, 2.75) is 26.4 Å². The molecule has 6 nitrogen and oxygen atoms in total. The molecule has 1 heterocycles. The molecule has 0 saturated heterocycles. The molecule has 0 atom stereocenters. The first-order chi connectivity index (χ1) is 10.6. The van der Waals surface area contributed by atoms with Crippen molar-refractivity contribution < 1.29 is 9.53 Å². The Kier molecular flexibility index (Phi) is 5.30. The van der Waals surface area contributed by atoms with Crippen LogP contribution in [0.25, 0.3) is 0 Å². The number of rotatable bonds is 6. The van der Waals surface area contributed by atoms with E-state index in [-0.39, 0.29) is 11.9 Å². The average molecular weight is 300 g/mol. The van der Waals surface area contributed by atoms with Crippen molar-refractivity contribution in [3.8, 4) is 5.75 Å². The lowest BCUT2D eigenvalue weighted by atomic mass is 10.2. The summed E-state index contributed by atoms with van der Waals surface area (Å²) in [6.07, 6.45) is 1.57. The zero-order chi connectivity index (χ0) is 15.9. The lowest BCUT2D eigenvalue weighted by Crippen LogP contribution is -2.24. The summed E-state index contributed by atoms with van der Waals surface area (Å²) in [5.41, 5.74) is 1.33. The summed E-state index contributed by atoms with van der Waals surface area (Å²) < 4.78 is 5.10. The fraction of sp³-hybridized carbons (Fsp3) is 0.312. The van der Waals surface area contributed by atoms with Crippen LogP contribution in [0.1, 0.15) is 29.9 Å². The number of hydrogen-bond donors (Lipinski definition) is 2. The molecule has 0 radical (unpaired) electrons. The number of carbonyl (C=O) groups is 1. The Morgan fingerprint density at radius 1 is 1.23 bits per heavy atom. The molecule has 2 N–H and O–H groups in total. The zero-order valence-corrected chi connectivity index (χ0v) is 13.0. The maximum absolute atomic E-state index is 12.1. The van der Waals surface area contributed by atoms with E-state index in [1.807, 2.05) is 38.1 Å². The minimum atomic E-state index is -0.231. The summed E-state index contributed by atoms with van der Waals surface area (Å²) in [5, 5.41) is 5.91. The largest absolute Gasteiger partial charge is 0.497 e. The van der Waals surface area contributed by atoms with Gasteiger partial charge in [0.25, 0.3) is 5.91 Å². The molecule has 116 valence electrons. The number of hydrogen-bond acceptors (Lipinski definition) is 5. The predicted octanol–water partition coefficient (Wildman–Crippen LogP) is 2.24. The van der Waals surface area contributed by atoms with Gasteiger partial charge in [-0.3, -0.25) is 4.79 Å². The summed E-state index contributed by atoms with van der Waals surface area (Å²) in [5.74, 6) is 1.01. The number of nitrogens with zero attached hydrogens (tertiary/aromatic N) is 2. The molecule has 0 aliphatic carbocycles. The van der Waals surface area contributed by atoms with E-state index in [0.717, 1.165) is 11.3 Å². The standard InChI is InChI=1S/C16H20N4O2/c1-11(2)19-16-17-9-8-14(20-16)15(21)18-10-12-4-6-13(22-3)7-5-12/h4-9,11H,10H2,1-3H3,(H,18,21)(H,17,19,20). The van der Waals surface area contributed by atoms with E-state index in [0.29, 0.717) is 18.2 Å². The van der Waals surface area contributed by atoms with Crippen molar-refractivity contribution in [2.75, 3.05) is 12.4 Å². The smallest absolute Gasteiger partial charge is 0.270 e. The van der Waals surface area contributed by atoms with Gasteiger partial charge in [-0.15, -0.1) is 0 Å². The van der Waals surface area contributed by atoms with Crippen LogP contribution in [0.3, 0.4) is 0 Å². The van der Waals surface area contributed by atoms with Gasteiger partial charge in [0.15, 0.2) is 0 Å². The van der Waals surface area contributed by atoms with Crippen molar-refractivity contribution in [1.82, 2.24) is 15.3 Å². The Labute approximate surface area is 129 Å². The molecule has 1 aromatic heterocycles. The highest BCUT2D eigenvalue weighted by Gasteiger charge is 2.09. The molecule has 0 spiro atoms. The van der Waals surface area contributed by atoms with E-state index >= 15 is 0 Å². The summed E-state index contributed by atoms with van der Waals surface area (Å²) in [6, 6.07) is 9.33. The average Bonchev–Trinajstić information content (AvgIpc) is 2.52. The number of aromatic nitrogens is 2. The molecule has 1 aromatic carbocycles. The predicted molar refractivity (Wildman–Crippen MR) is 85.0 cm³/mol. The molecule has 22 heavy (non-hydrogen) atoms. The molecule has 6 heteroatoms. The second kappa shape index (κ2) is 7.40. The second-order valence-electron chi connectivity index (χ2n) is 5.10. The van der Waals surface area contributed by atoms with Gasteiger partial charge in [-0.05, 0) is 37.6 Å². The molecule has 0 fully saturated rings. The Bertz CT molecular complexity index is 626. The molecule has 0 aliphatic heterocycles. The van der Waals surface area contributed by atoms with E-state index in [1.165, 1.54) is 0 Å². The van der Waals surface area contributed by atoms with E-state index in [2.05, 4.69) is 20.6 Å². The normalized spacial score (nSPS) is 10.4. The van der Waals surface area contributed by atoms with Gasteiger partial charge >= 0.3 is 0 Å². The number of nitrogens with one attached hydrogen (secondary N) is 2. The van der Waals surface area contributed by atoms with Gasteiger partial charge < -0.3 is 15.4 Å². The van der Waals surface area contributed by atoms with Gasteiger partial charge in [-0.2, -0.15) is 0 Å². The molecule has 0 aliphatic rings. The van der Waals surface area contributed by atoms with Crippen LogP contribution in [0.2, 0.25) is 0 Å². The van der Waals surface area contributed by atoms with Gasteiger partial charge in [0, 0.05) is 18.8 Å². The molecule has 1 amide bonds. The summed E-state index contributed by atoms with van der Waals surface area (Å²) in [6.45, 7) is 4.40. The maximum atomic E-state index is 12.1. The van der Waals surface area contributed by atoms with Crippen molar-refractivity contribution >= 4 is 11.9 Å². The van der Waals surface area contributed by atoms with Crippen molar-refractivity contribution in [1.29, 1.82) is 0 Å². The van der Waals surface area contributed by atoms with Crippen LogP contribution in [0, 0.1) is 0 Å². The zero-order valence-electron chi connectivity index (χ0n) is 13.0. The monoisotopic (exact) mass is 300 g/mol. The second-order valence-corrected chi connectivity index (χ2v) is 5.10. The van der Waals surface area contributed by atoms with E-state index < -0.39 is 0 Å². The number of ether oxygens (including phenoxy) is 1. The Morgan fingerprint density at radius 2 is 1.95 bits per heavy atom. The molecular formula is C16H20N4O2. The van der Waals surface area contributed by atoms with Crippen LogP contribution < -0.4 is 15.4 Å². The number of carbonyl (C=O) groups excluding carboxylic acids is 1. The fourth-order valence-electron chi connectivity index (χ4n) is 1.83. The molecular weight excluding hydrogens is 280 g/mol. The Morgan fingerprint density at radius 3 is 2.59 bits per heavy atom. The Balaban J connectivity index is 1.96. The third kappa shape index (κ3) is 4.44. The van der Waals surface area contributed by atoms with Crippen LogP contribution in [-0.4, -0.2) is 29.0 Å². The maximum Gasteiger partial charge on any atom is 0.270 e. The van der Waals surface area contributed by atoms with Gasteiger partial charge in [0.2, 0.25) is 5.95 Å². The molecule has 2 aromatic rings. The SMILES string of the molecule is COc1ccc(CNC(=O)c2ccnc(NC(C)C)n2)cc1. The number of anilines is 1. The van der Waals surface area contributed by atoms with Gasteiger partial charge in [0.1, 0.15) is 11.4 Å². The highest BCUT2D eigenvalue weighted by Crippen LogP contribution is 2.11. The first kappa shape index (κ1) is 15.8. The van der Waals surface area contributed by atoms with E-state index in [1.54, 1.807) is 19.4 Å². The quantitative estimate of drug-likeness (QED) is 0.855. The topological polar surface area (TPSA) is 76.1 Å². The highest BCUT2D eigenvalue weighted by molar-refractivity contribution is 5.92. The third-order valence-electron chi connectivity index (χ3n) is 2.92. The number of amides is 1. The number of benzene rings is 1. The summed E-state index contributed by atoms with van der Waals surface area (Å²) >= 11 is 0. The van der Waals surface area contributed by atoms with Crippen molar-refractivity contribution in [2.24, 2.45) is 0 Å². The third-order valence-corrected chi connectivity index (χ3v) is 2.92. The lowest BCUT2D eigenvalue weighted by molar-refractivity contribution is 0.0946. The van der Waals surface area contributed by atoms with Crippen molar-refractivity contribution in [3.63, 3.8) is 0 Å². The van der Waals surface area contributed by atoms with E-state index in [4.69, 9.17) is 4.74 Å². The van der Waals surface area contributed by atoms with Crippen molar-refractivity contribution in [3.05, 3.63) is 47.8 Å². The van der Waals surface area contributed by atoms with Gasteiger partial charge in [0.05, 0.1) is 7.11 Å². The molecule has 0 saturated carbocycles. The summed E-state index contributed by atoms with van der Waals surface area (Å²) in [4.78, 5) is 20.4. The number of methoxy groups -OCH3 is 1. The minimum absolute atomic E-state index is 0.206. The van der Waals surface area contributed by atoms with Crippen LogP contribution >= 0.6 is 0 Å². The van der Waals surface area contributed by atoms with Crippen LogP contribution in [0.5, 0.6) is 5.75 Å². The molecule has 0 unspecified atom stereocenters. The van der Waals surface area contributed by atoms with Gasteiger partial charge in [-0.25, -0.2) is 9.97 Å². The highest BCUT2D eigenvalue weighted by atomic mass is 16.5. The molecule has 2 rings (SSSR count). The Hall–Kier alpha value is -2.63. The molecule has 0 bridgehead atoms. The lowest BCUT2D eigenvalue weighted by Gasteiger charge is -2.09. The van der Waals surface area contributed by atoms with Crippen LogP contribution in [0.4, 0.5) is 5.95 Å².